The molecular formula is C14H19BF2O3. The van der Waals surface area contributed by atoms with Crippen molar-refractivity contribution in [2.24, 2.45) is 0 Å². The topological polar surface area (TPSA) is 27.7 Å². The molecule has 1 aliphatic heterocycles. The molecule has 1 heterocycles. The first-order valence-corrected chi connectivity index (χ1v) is 6.58. The summed E-state index contributed by atoms with van der Waals surface area (Å²) in [6, 6.07) is 3.39. The van der Waals surface area contributed by atoms with Crippen LogP contribution in [-0.4, -0.2) is 18.5 Å². The first-order chi connectivity index (χ1) is 9.12. The lowest BCUT2D eigenvalue weighted by atomic mass is 9.90. The van der Waals surface area contributed by atoms with Crippen LogP contribution in [0.25, 0.3) is 0 Å². The van der Waals surface area contributed by atoms with Gasteiger partial charge in [-0.3, -0.25) is 0 Å². The summed E-state index contributed by atoms with van der Waals surface area (Å²) >= 11 is 0. The molecule has 0 spiro atoms. The van der Waals surface area contributed by atoms with Crippen molar-refractivity contribution in [2.45, 2.75) is 51.9 Å². The molecule has 1 aromatic carbocycles. The van der Waals surface area contributed by atoms with Gasteiger partial charge in [0.25, 0.3) is 0 Å². The zero-order chi connectivity index (χ0) is 15.1. The van der Waals surface area contributed by atoms with E-state index in [0.717, 1.165) is 6.07 Å². The Labute approximate surface area is 118 Å². The molecular weight excluding hydrogens is 265 g/mol. The van der Waals surface area contributed by atoms with Gasteiger partial charge in [-0.25, -0.2) is 8.78 Å². The molecule has 1 aliphatic rings. The standard InChI is InChI=1S/C14H19BF2O3/c1-9(11-7-6-10(16)8-12(11)17)18-15-19-13(2,3)14(4,5)20-15/h6-9H,1-5H3. The molecule has 0 bridgehead atoms. The van der Waals surface area contributed by atoms with E-state index in [1.807, 2.05) is 27.7 Å². The van der Waals surface area contributed by atoms with Crippen molar-refractivity contribution in [1.29, 1.82) is 0 Å². The maximum absolute atomic E-state index is 13.7. The smallest absolute Gasteiger partial charge is 0.379 e. The van der Waals surface area contributed by atoms with E-state index in [1.165, 1.54) is 12.1 Å². The predicted octanol–water partition coefficient (Wildman–Crippen LogP) is 3.63. The molecule has 0 amide bonds. The highest BCUT2D eigenvalue weighted by molar-refractivity contribution is 6.37. The van der Waals surface area contributed by atoms with Gasteiger partial charge in [-0.1, -0.05) is 6.07 Å². The molecule has 1 fully saturated rings. The van der Waals surface area contributed by atoms with Crippen molar-refractivity contribution in [1.82, 2.24) is 0 Å². The molecule has 1 unspecified atom stereocenters. The molecule has 0 aromatic heterocycles. The molecule has 0 N–H and O–H groups in total. The van der Waals surface area contributed by atoms with E-state index in [9.17, 15) is 8.78 Å². The van der Waals surface area contributed by atoms with E-state index >= 15 is 0 Å². The molecule has 3 nitrogen and oxygen atoms in total. The van der Waals surface area contributed by atoms with Gasteiger partial charge in [-0.15, -0.1) is 0 Å². The Morgan fingerprint density at radius 1 is 1.10 bits per heavy atom. The minimum atomic E-state index is -0.876. The van der Waals surface area contributed by atoms with Crippen LogP contribution in [0, 0.1) is 11.6 Å². The van der Waals surface area contributed by atoms with Crippen LogP contribution in [0.3, 0.4) is 0 Å². The van der Waals surface area contributed by atoms with Gasteiger partial charge in [0, 0.05) is 11.6 Å². The fraction of sp³-hybridized carbons (Fsp3) is 0.571. The number of rotatable bonds is 3. The third-order valence-corrected chi connectivity index (χ3v) is 3.95. The van der Waals surface area contributed by atoms with Crippen LogP contribution < -0.4 is 0 Å². The van der Waals surface area contributed by atoms with Crippen LogP contribution in [0.2, 0.25) is 0 Å². The number of hydrogen-bond donors (Lipinski definition) is 0. The number of hydrogen-bond acceptors (Lipinski definition) is 3. The molecule has 0 radical (unpaired) electrons. The second-order valence-electron chi connectivity index (χ2n) is 5.99. The highest BCUT2D eigenvalue weighted by Crippen LogP contribution is 2.38. The van der Waals surface area contributed by atoms with Gasteiger partial charge in [0.15, 0.2) is 0 Å². The van der Waals surface area contributed by atoms with E-state index in [0.29, 0.717) is 0 Å². The molecule has 1 saturated heterocycles. The SMILES string of the molecule is CC(OB1OC(C)(C)C(C)(C)O1)c1ccc(F)cc1F. The van der Waals surface area contributed by atoms with E-state index in [2.05, 4.69) is 0 Å². The van der Waals surface area contributed by atoms with Crippen LogP contribution in [-0.2, 0) is 14.0 Å². The number of halogens is 2. The minimum Gasteiger partial charge on any atom is -0.379 e. The fourth-order valence-corrected chi connectivity index (χ4v) is 1.92. The van der Waals surface area contributed by atoms with Gasteiger partial charge in [0.05, 0.1) is 17.3 Å². The normalized spacial score (nSPS) is 22.1. The summed E-state index contributed by atoms with van der Waals surface area (Å²) in [7, 11) is -0.876. The van der Waals surface area contributed by atoms with E-state index in [1.54, 1.807) is 6.92 Å². The summed E-state index contributed by atoms with van der Waals surface area (Å²) in [5.74, 6) is -1.26. The lowest BCUT2D eigenvalue weighted by molar-refractivity contribution is 0.00578. The molecule has 20 heavy (non-hydrogen) atoms. The molecule has 0 aliphatic carbocycles. The second-order valence-corrected chi connectivity index (χ2v) is 5.99. The lowest BCUT2D eigenvalue weighted by Crippen LogP contribution is -2.41. The Bertz CT molecular complexity index is 489. The Balaban J connectivity index is 2.08. The van der Waals surface area contributed by atoms with Crippen LogP contribution in [0.4, 0.5) is 8.78 Å². The molecule has 1 atom stereocenters. The monoisotopic (exact) mass is 284 g/mol. The summed E-state index contributed by atoms with van der Waals surface area (Å²) in [4.78, 5) is 0. The summed E-state index contributed by atoms with van der Waals surface area (Å²) in [6.45, 7) is 9.28. The lowest BCUT2D eigenvalue weighted by Gasteiger charge is -2.31. The highest BCUT2D eigenvalue weighted by Gasteiger charge is 2.53. The van der Waals surface area contributed by atoms with Crippen LogP contribution >= 0.6 is 0 Å². The number of benzene rings is 1. The average Bonchev–Trinajstić information content (AvgIpc) is 2.46. The first kappa shape index (κ1) is 15.4. The minimum absolute atomic E-state index is 0.265. The molecule has 0 saturated carbocycles. The fourth-order valence-electron chi connectivity index (χ4n) is 1.92. The Morgan fingerprint density at radius 2 is 1.65 bits per heavy atom. The van der Waals surface area contributed by atoms with Crippen LogP contribution in [0.15, 0.2) is 18.2 Å². The third kappa shape index (κ3) is 2.87. The maximum Gasteiger partial charge on any atom is 0.640 e. The summed E-state index contributed by atoms with van der Waals surface area (Å²) in [5, 5.41) is 0. The van der Waals surface area contributed by atoms with Gasteiger partial charge in [0.2, 0.25) is 0 Å². The second kappa shape index (κ2) is 5.09. The zero-order valence-corrected chi connectivity index (χ0v) is 12.4. The maximum atomic E-state index is 13.7. The first-order valence-electron chi connectivity index (χ1n) is 6.58. The molecule has 1 aromatic rings. The summed E-state index contributed by atoms with van der Waals surface area (Å²) in [6.07, 6.45) is -0.606. The zero-order valence-electron chi connectivity index (χ0n) is 12.4. The van der Waals surface area contributed by atoms with Crippen molar-refractivity contribution in [3.8, 4) is 0 Å². The van der Waals surface area contributed by atoms with Crippen LogP contribution in [0.5, 0.6) is 0 Å². The summed E-state index contributed by atoms with van der Waals surface area (Å²) in [5.41, 5.74) is -0.765. The van der Waals surface area contributed by atoms with Gasteiger partial charge < -0.3 is 14.0 Å². The highest BCUT2D eigenvalue weighted by atomic mass is 19.1. The van der Waals surface area contributed by atoms with Gasteiger partial charge in [0.1, 0.15) is 11.6 Å². The molecule has 2 rings (SSSR count). The van der Waals surface area contributed by atoms with Crippen molar-refractivity contribution in [3.63, 3.8) is 0 Å². The van der Waals surface area contributed by atoms with E-state index in [-0.39, 0.29) is 5.56 Å². The van der Waals surface area contributed by atoms with Crippen molar-refractivity contribution in [2.75, 3.05) is 0 Å². The van der Waals surface area contributed by atoms with Crippen LogP contribution in [0.1, 0.15) is 46.3 Å². The quantitative estimate of drug-likeness (QED) is 0.793. The molecule has 6 heteroatoms. The average molecular weight is 284 g/mol. The van der Waals surface area contributed by atoms with Gasteiger partial charge in [-0.05, 0) is 40.7 Å². The van der Waals surface area contributed by atoms with Gasteiger partial charge >= 0.3 is 7.32 Å². The van der Waals surface area contributed by atoms with Gasteiger partial charge in [-0.2, -0.15) is 0 Å². The van der Waals surface area contributed by atoms with E-state index < -0.39 is 36.3 Å². The summed E-state index contributed by atoms with van der Waals surface area (Å²) < 4.78 is 43.5. The van der Waals surface area contributed by atoms with E-state index in [4.69, 9.17) is 14.0 Å². The Kier molecular flexibility index (Phi) is 3.93. The van der Waals surface area contributed by atoms with Crippen molar-refractivity contribution in [3.05, 3.63) is 35.4 Å². The Morgan fingerprint density at radius 3 is 2.15 bits per heavy atom. The predicted molar refractivity (Wildman–Crippen MR) is 71.9 cm³/mol. The third-order valence-electron chi connectivity index (χ3n) is 3.95. The Hall–Kier alpha value is -0.975. The largest absolute Gasteiger partial charge is 0.640 e. The van der Waals surface area contributed by atoms with Crippen molar-refractivity contribution >= 4 is 7.32 Å². The molecule has 110 valence electrons. The van der Waals surface area contributed by atoms with Crippen molar-refractivity contribution < 1.29 is 22.7 Å².